The highest BCUT2D eigenvalue weighted by molar-refractivity contribution is 7.60. The largest absolute Gasteiger partial charge is 0.422 e. The molecule has 0 fully saturated rings. The van der Waals surface area contributed by atoms with Crippen LogP contribution in [0, 0.1) is 0 Å². The molecule has 0 aliphatic carbocycles. The molecule has 1 unspecified atom stereocenters. The molecule has 2 heterocycles. The van der Waals surface area contributed by atoms with E-state index in [0.29, 0.717) is 36.5 Å². The molecule has 1 aromatic heterocycles. The van der Waals surface area contributed by atoms with Crippen LogP contribution >= 0.6 is 7.52 Å². The van der Waals surface area contributed by atoms with Crippen molar-refractivity contribution in [3.63, 3.8) is 0 Å². The monoisotopic (exact) mass is 320 g/mol. The van der Waals surface area contributed by atoms with Gasteiger partial charge in [-0.2, -0.15) is 0 Å². The summed E-state index contributed by atoms with van der Waals surface area (Å²) in [4.78, 5) is 12.2. The van der Waals surface area contributed by atoms with Gasteiger partial charge in [0.2, 0.25) is 0 Å². The molecule has 0 radical (unpaired) electrons. The van der Waals surface area contributed by atoms with Crippen LogP contribution in [0.15, 0.2) is 45.4 Å². The third-order valence-corrected chi connectivity index (χ3v) is 5.23. The molecule has 0 saturated carbocycles. The van der Waals surface area contributed by atoms with Gasteiger partial charge in [0.15, 0.2) is 0 Å². The van der Waals surface area contributed by atoms with Crippen molar-refractivity contribution in [3.05, 3.63) is 52.1 Å². The topological polar surface area (TPSA) is 80.6 Å². The van der Waals surface area contributed by atoms with Crippen molar-refractivity contribution in [3.8, 4) is 0 Å². The van der Waals surface area contributed by atoms with E-state index in [1.54, 1.807) is 25.1 Å². The average Bonchev–Trinajstić information content (AvgIpc) is 2.69. The SMILES string of the molecule is CCOP1(=O)C=C(c2cc3ccccc3oc2=O)NCCN1. The third-order valence-electron chi connectivity index (χ3n) is 3.32. The molecule has 1 atom stereocenters. The number of benzene rings is 1. The second-order valence-corrected chi connectivity index (χ2v) is 6.90. The molecule has 22 heavy (non-hydrogen) atoms. The van der Waals surface area contributed by atoms with Crippen molar-refractivity contribution in [2.75, 3.05) is 19.7 Å². The molecule has 2 aromatic rings. The highest BCUT2D eigenvalue weighted by Gasteiger charge is 2.24. The van der Waals surface area contributed by atoms with Crippen molar-refractivity contribution in [1.29, 1.82) is 0 Å². The molecule has 0 bridgehead atoms. The van der Waals surface area contributed by atoms with Crippen LogP contribution in [-0.4, -0.2) is 19.7 Å². The summed E-state index contributed by atoms with van der Waals surface area (Å²) in [5.74, 6) is 1.46. The van der Waals surface area contributed by atoms with Gasteiger partial charge in [-0.15, -0.1) is 0 Å². The normalized spacial score (nSPS) is 22.0. The van der Waals surface area contributed by atoms with Crippen LogP contribution < -0.4 is 16.0 Å². The van der Waals surface area contributed by atoms with Gasteiger partial charge in [-0.05, 0) is 19.1 Å². The molecular weight excluding hydrogens is 303 g/mol. The minimum absolute atomic E-state index is 0.320. The highest BCUT2D eigenvalue weighted by Crippen LogP contribution is 2.46. The van der Waals surface area contributed by atoms with Crippen molar-refractivity contribution in [2.45, 2.75) is 6.92 Å². The maximum atomic E-state index is 12.6. The van der Waals surface area contributed by atoms with Crippen LogP contribution in [0.3, 0.4) is 0 Å². The number of hydrogen-bond donors (Lipinski definition) is 2. The van der Waals surface area contributed by atoms with Crippen LogP contribution in [0.5, 0.6) is 0 Å². The molecule has 1 aliphatic heterocycles. The maximum Gasteiger partial charge on any atom is 0.345 e. The standard InChI is InChI=1S/C15H17N2O4P/c1-2-20-22(19)10-13(16-7-8-17-22)12-9-11-5-3-4-6-14(11)21-15(12)18/h3-6,9-10,16H,2,7-8H2,1H3,(H,17,19). The number of rotatable bonds is 3. The summed E-state index contributed by atoms with van der Waals surface area (Å²) in [5.41, 5.74) is 0.877. The summed E-state index contributed by atoms with van der Waals surface area (Å²) in [7, 11) is -3.11. The zero-order chi connectivity index (χ0) is 15.6. The fraction of sp³-hybridized carbons (Fsp3) is 0.267. The third kappa shape index (κ3) is 2.99. The Hall–Kier alpha value is -1.88. The lowest BCUT2D eigenvalue weighted by atomic mass is 10.1. The van der Waals surface area contributed by atoms with E-state index < -0.39 is 13.1 Å². The lowest BCUT2D eigenvalue weighted by molar-refractivity contribution is 0.332. The predicted molar refractivity (Wildman–Crippen MR) is 85.7 cm³/mol. The lowest BCUT2D eigenvalue weighted by Gasteiger charge is -2.13. The number of fused-ring (bicyclic) bond motifs is 1. The maximum absolute atomic E-state index is 12.6. The van der Waals surface area contributed by atoms with Gasteiger partial charge in [0.05, 0.1) is 17.9 Å². The van der Waals surface area contributed by atoms with E-state index in [4.69, 9.17) is 8.94 Å². The van der Waals surface area contributed by atoms with Crippen molar-refractivity contribution in [2.24, 2.45) is 0 Å². The van der Waals surface area contributed by atoms with Crippen LogP contribution in [0.1, 0.15) is 12.5 Å². The molecule has 6 nitrogen and oxygen atoms in total. The number of nitrogens with one attached hydrogen (secondary N) is 2. The molecule has 0 amide bonds. The van der Waals surface area contributed by atoms with Gasteiger partial charge < -0.3 is 14.3 Å². The summed E-state index contributed by atoms with van der Waals surface area (Å²) < 4.78 is 23.3. The van der Waals surface area contributed by atoms with Gasteiger partial charge in [0, 0.05) is 24.3 Å². The number of hydrogen-bond acceptors (Lipinski definition) is 5. The van der Waals surface area contributed by atoms with Gasteiger partial charge in [-0.3, -0.25) is 4.57 Å². The molecule has 116 valence electrons. The second-order valence-electron chi connectivity index (χ2n) is 4.88. The van der Waals surface area contributed by atoms with E-state index in [2.05, 4.69) is 10.4 Å². The van der Waals surface area contributed by atoms with Gasteiger partial charge >= 0.3 is 5.63 Å². The predicted octanol–water partition coefficient (Wildman–Crippen LogP) is 2.51. The Kier molecular flexibility index (Phi) is 4.16. The Balaban J connectivity index is 2.12. The lowest BCUT2D eigenvalue weighted by Crippen LogP contribution is -2.22. The van der Waals surface area contributed by atoms with Crippen molar-refractivity contribution >= 4 is 24.2 Å². The first-order valence-electron chi connectivity index (χ1n) is 7.11. The summed E-state index contributed by atoms with van der Waals surface area (Å²) in [6.07, 6.45) is 0. The van der Waals surface area contributed by atoms with E-state index in [1.165, 1.54) is 5.82 Å². The van der Waals surface area contributed by atoms with E-state index in [9.17, 15) is 9.36 Å². The Labute approximate surface area is 127 Å². The van der Waals surface area contributed by atoms with Gasteiger partial charge in [-0.1, -0.05) is 18.2 Å². The summed E-state index contributed by atoms with van der Waals surface area (Å²) >= 11 is 0. The van der Waals surface area contributed by atoms with Gasteiger partial charge in [-0.25, -0.2) is 9.88 Å². The van der Waals surface area contributed by atoms with Gasteiger partial charge in [0.25, 0.3) is 7.52 Å². The molecule has 2 N–H and O–H groups in total. The van der Waals surface area contributed by atoms with Crippen molar-refractivity contribution in [1.82, 2.24) is 10.4 Å². The molecule has 7 heteroatoms. The van der Waals surface area contributed by atoms with Crippen LogP contribution in [0.4, 0.5) is 0 Å². The molecule has 1 aliphatic rings. The average molecular weight is 320 g/mol. The van der Waals surface area contributed by atoms with Crippen molar-refractivity contribution < 1.29 is 13.5 Å². The fourth-order valence-corrected chi connectivity index (χ4v) is 3.99. The Morgan fingerprint density at radius 2 is 2.14 bits per heavy atom. The zero-order valence-electron chi connectivity index (χ0n) is 12.2. The van der Waals surface area contributed by atoms with E-state index in [1.807, 2.05) is 12.1 Å². The second kappa shape index (κ2) is 6.08. The van der Waals surface area contributed by atoms with Crippen LogP contribution in [0.25, 0.3) is 16.7 Å². The van der Waals surface area contributed by atoms with E-state index >= 15 is 0 Å². The van der Waals surface area contributed by atoms with E-state index in [0.717, 1.165) is 5.39 Å². The zero-order valence-corrected chi connectivity index (χ0v) is 13.1. The Bertz CT molecular complexity index is 828. The van der Waals surface area contributed by atoms with Crippen LogP contribution in [0.2, 0.25) is 0 Å². The highest BCUT2D eigenvalue weighted by atomic mass is 31.2. The van der Waals surface area contributed by atoms with Crippen LogP contribution in [-0.2, 0) is 9.09 Å². The first-order valence-corrected chi connectivity index (χ1v) is 8.80. The summed E-state index contributed by atoms with van der Waals surface area (Å²) in [5, 5.41) is 6.79. The summed E-state index contributed by atoms with van der Waals surface area (Å²) in [6.45, 7) is 3.11. The van der Waals surface area contributed by atoms with Gasteiger partial charge in [0.1, 0.15) is 5.58 Å². The molecule has 0 spiro atoms. The first kappa shape index (κ1) is 15.0. The Morgan fingerprint density at radius 1 is 1.32 bits per heavy atom. The molecule has 3 rings (SSSR count). The molecule has 1 aromatic carbocycles. The molecular formula is C15H17N2O4P. The summed E-state index contributed by atoms with van der Waals surface area (Å²) in [6, 6.07) is 9.01. The van der Waals surface area contributed by atoms with E-state index in [-0.39, 0.29) is 0 Å². The minimum Gasteiger partial charge on any atom is -0.422 e. The minimum atomic E-state index is -3.11. The number of para-hydroxylation sites is 1. The first-order chi connectivity index (χ1) is 10.6. The smallest absolute Gasteiger partial charge is 0.345 e. The fourth-order valence-electron chi connectivity index (χ4n) is 2.36. The Morgan fingerprint density at radius 3 is 2.95 bits per heavy atom. The molecule has 0 saturated heterocycles. The quantitative estimate of drug-likeness (QED) is 0.668.